The van der Waals surface area contributed by atoms with Crippen LogP contribution in [-0.2, 0) is 0 Å². The van der Waals surface area contributed by atoms with E-state index in [0.29, 0.717) is 16.5 Å². The molecule has 116 valence electrons. The fourth-order valence-corrected chi connectivity index (χ4v) is 8.82. The third-order valence-corrected chi connectivity index (χ3v) is 9.34. The standard InChI is InChI=1S/C17H18ClNOS2/c18-11-5-3-8(4-6-11)12-13-9-1-2-10(7-9)14(13)21-16-15(12)22-17(20)19-16/h3-6,9-10,12-16H,1-2,7H2,(H,19,20)/t9-,10+,12-,13+,14+,15-,16-/m1/s1. The molecule has 7 atom stereocenters. The van der Waals surface area contributed by atoms with Crippen molar-refractivity contribution in [2.24, 2.45) is 17.8 Å². The van der Waals surface area contributed by atoms with Gasteiger partial charge in [-0.3, -0.25) is 4.79 Å². The Morgan fingerprint density at radius 3 is 2.68 bits per heavy atom. The Balaban J connectivity index is 1.58. The van der Waals surface area contributed by atoms with Crippen molar-refractivity contribution >= 4 is 40.4 Å². The van der Waals surface area contributed by atoms with Crippen molar-refractivity contribution in [1.82, 2.24) is 5.32 Å². The SMILES string of the molecule is O=C1N[C@@H]2S[C@H]3[C@H]4CC[C@H](C4)[C@H]3[C@@H](c3ccc(Cl)cc3)[C@H]2S1. The Labute approximate surface area is 144 Å². The summed E-state index contributed by atoms with van der Waals surface area (Å²) in [4.78, 5) is 12.0. The van der Waals surface area contributed by atoms with Crippen molar-refractivity contribution in [2.45, 2.75) is 41.1 Å². The molecule has 5 rings (SSSR count). The van der Waals surface area contributed by atoms with Gasteiger partial charge in [-0.2, -0.15) is 0 Å². The highest BCUT2D eigenvalue weighted by molar-refractivity contribution is 8.15. The first kappa shape index (κ1) is 14.1. The first-order chi connectivity index (χ1) is 10.7. The van der Waals surface area contributed by atoms with Crippen LogP contribution in [0.15, 0.2) is 24.3 Å². The summed E-state index contributed by atoms with van der Waals surface area (Å²) in [6.45, 7) is 0. The van der Waals surface area contributed by atoms with E-state index in [4.69, 9.17) is 11.6 Å². The molecule has 4 aliphatic rings. The molecule has 2 aliphatic heterocycles. The number of nitrogens with one attached hydrogen (secondary N) is 1. The number of carbonyl (C=O) groups is 1. The summed E-state index contributed by atoms with van der Waals surface area (Å²) in [5.41, 5.74) is 1.38. The molecule has 1 aromatic carbocycles. The largest absolute Gasteiger partial charge is 0.334 e. The van der Waals surface area contributed by atoms with E-state index in [2.05, 4.69) is 29.2 Å². The summed E-state index contributed by atoms with van der Waals surface area (Å²) in [6.07, 6.45) is 4.19. The summed E-state index contributed by atoms with van der Waals surface area (Å²) in [6, 6.07) is 8.38. The molecule has 0 aromatic heterocycles. The highest BCUT2D eigenvalue weighted by Gasteiger charge is 2.59. The number of carbonyl (C=O) groups excluding carboxylic acids is 1. The first-order valence-electron chi connectivity index (χ1n) is 8.09. The fraction of sp³-hybridized carbons (Fsp3) is 0.588. The van der Waals surface area contributed by atoms with Crippen LogP contribution in [0.5, 0.6) is 0 Å². The third kappa shape index (κ3) is 1.99. The van der Waals surface area contributed by atoms with Crippen LogP contribution in [0.2, 0.25) is 5.02 Å². The Morgan fingerprint density at radius 1 is 1.09 bits per heavy atom. The molecular weight excluding hydrogens is 334 g/mol. The number of thioether (sulfide) groups is 2. The predicted octanol–water partition coefficient (Wildman–Crippen LogP) is 4.74. The summed E-state index contributed by atoms with van der Waals surface area (Å²) in [7, 11) is 0. The lowest BCUT2D eigenvalue weighted by molar-refractivity contribution is 0.257. The van der Waals surface area contributed by atoms with Gasteiger partial charge in [-0.1, -0.05) is 35.5 Å². The van der Waals surface area contributed by atoms with Gasteiger partial charge in [0.25, 0.3) is 5.24 Å². The minimum atomic E-state index is 0.161. The van der Waals surface area contributed by atoms with Gasteiger partial charge in [0, 0.05) is 16.2 Å². The second-order valence-corrected chi connectivity index (χ2v) is 9.94. The van der Waals surface area contributed by atoms with E-state index in [-0.39, 0.29) is 5.24 Å². The average Bonchev–Trinajstić information content (AvgIpc) is 3.19. The van der Waals surface area contributed by atoms with Crippen molar-refractivity contribution in [3.63, 3.8) is 0 Å². The maximum absolute atomic E-state index is 12.0. The lowest BCUT2D eigenvalue weighted by atomic mass is 9.73. The lowest BCUT2D eigenvalue weighted by Crippen LogP contribution is -2.46. The van der Waals surface area contributed by atoms with Crippen molar-refractivity contribution in [2.75, 3.05) is 0 Å². The number of hydrogen-bond donors (Lipinski definition) is 1. The van der Waals surface area contributed by atoms with Gasteiger partial charge < -0.3 is 5.32 Å². The molecule has 5 heteroatoms. The number of benzene rings is 1. The Kier molecular flexibility index (Phi) is 3.25. The van der Waals surface area contributed by atoms with Crippen molar-refractivity contribution in [1.29, 1.82) is 0 Å². The molecule has 2 aliphatic carbocycles. The van der Waals surface area contributed by atoms with Crippen LogP contribution in [0.1, 0.15) is 30.7 Å². The molecule has 0 radical (unpaired) electrons. The quantitative estimate of drug-likeness (QED) is 0.792. The van der Waals surface area contributed by atoms with Crippen LogP contribution in [0, 0.1) is 17.8 Å². The van der Waals surface area contributed by atoms with Gasteiger partial charge in [-0.25, -0.2) is 0 Å². The Morgan fingerprint density at radius 2 is 1.86 bits per heavy atom. The maximum atomic E-state index is 12.0. The summed E-state index contributed by atoms with van der Waals surface area (Å²) < 4.78 is 0. The second kappa shape index (κ2) is 5.09. The van der Waals surface area contributed by atoms with Crippen molar-refractivity contribution < 1.29 is 4.79 Å². The van der Waals surface area contributed by atoms with Gasteiger partial charge in [-0.15, -0.1) is 11.8 Å². The van der Waals surface area contributed by atoms with Gasteiger partial charge in [0.05, 0.1) is 10.6 Å². The molecule has 2 saturated carbocycles. The minimum Gasteiger partial charge on any atom is -0.334 e. The van der Waals surface area contributed by atoms with E-state index in [1.807, 2.05) is 12.1 Å². The van der Waals surface area contributed by atoms with Crippen LogP contribution < -0.4 is 5.32 Å². The molecule has 0 unspecified atom stereocenters. The molecule has 22 heavy (non-hydrogen) atoms. The van der Waals surface area contributed by atoms with E-state index < -0.39 is 0 Å². The highest BCUT2D eigenvalue weighted by atomic mass is 35.5. The highest BCUT2D eigenvalue weighted by Crippen LogP contribution is 2.64. The molecule has 2 heterocycles. The molecular formula is C17H18ClNOS2. The van der Waals surface area contributed by atoms with Crippen molar-refractivity contribution in [3.8, 4) is 0 Å². The van der Waals surface area contributed by atoms with Gasteiger partial charge in [0.1, 0.15) is 0 Å². The van der Waals surface area contributed by atoms with Crippen LogP contribution in [0.4, 0.5) is 4.79 Å². The van der Waals surface area contributed by atoms with Gasteiger partial charge in [0.15, 0.2) is 0 Å². The second-order valence-electron chi connectivity index (χ2n) is 7.02. The van der Waals surface area contributed by atoms with E-state index in [0.717, 1.165) is 28.0 Å². The summed E-state index contributed by atoms with van der Waals surface area (Å²) in [5.74, 6) is 2.97. The summed E-state index contributed by atoms with van der Waals surface area (Å²) >= 11 is 9.67. The number of fused-ring (bicyclic) bond motifs is 6. The zero-order valence-corrected chi connectivity index (χ0v) is 14.5. The molecule has 4 fully saturated rings. The molecule has 1 aromatic rings. The third-order valence-electron chi connectivity index (χ3n) is 6.03. The first-order valence-corrected chi connectivity index (χ1v) is 10.3. The van der Waals surface area contributed by atoms with Gasteiger partial charge >= 0.3 is 0 Å². The minimum absolute atomic E-state index is 0.161. The van der Waals surface area contributed by atoms with E-state index in [1.54, 1.807) is 0 Å². The number of rotatable bonds is 1. The number of halogens is 1. The van der Waals surface area contributed by atoms with E-state index >= 15 is 0 Å². The molecule has 1 N–H and O–H groups in total. The van der Waals surface area contributed by atoms with Crippen LogP contribution >= 0.6 is 35.1 Å². The predicted molar refractivity (Wildman–Crippen MR) is 93.6 cm³/mol. The smallest absolute Gasteiger partial charge is 0.280 e. The molecule has 2 bridgehead atoms. The molecule has 0 spiro atoms. The van der Waals surface area contributed by atoms with Crippen LogP contribution in [0.3, 0.4) is 0 Å². The molecule has 2 saturated heterocycles. The van der Waals surface area contributed by atoms with E-state index in [1.165, 1.54) is 36.6 Å². The van der Waals surface area contributed by atoms with Gasteiger partial charge in [0.2, 0.25) is 0 Å². The molecule has 1 amide bonds. The normalized spacial score (nSPS) is 45.5. The van der Waals surface area contributed by atoms with Crippen LogP contribution in [-0.4, -0.2) is 21.1 Å². The monoisotopic (exact) mass is 351 g/mol. The van der Waals surface area contributed by atoms with E-state index in [9.17, 15) is 4.79 Å². The van der Waals surface area contributed by atoms with Gasteiger partial charge in [-0.05, 0) is 54.7 Å². The zero-order valence-electron chi connectivity index (χ0n) is 12.1. The molecule has 2 nitrogen and oxygen atoms in total. The Hall–Kier alpha value is -0.320. The zero-order chi connectivity index (χ0) is 14.8. The lowest BCUT2D eigenvalue weighted by Gasteiger charge is -2.46. The number of hydrogen-bond acceptors (Lipinski definition) is 3. The maximum Gasteiger partial charge on any atom is 0.280 e. The van der Waals surface area contributed by atoms with Crippen molar-refractivity contribution in [3.05, 3.63) is 34.9 Å². The average molecular weight is 352 g/mol. The number of amides is 1. The Bertz CT molecular complexity index is 622. The summed E-state index contributed by atoms with van der Waals surface area (Å²) in [5, 5.41) is 5.56. The topological polar surface area (TPSA) is 29.1 Å². The van der Waals surface area contributed by atoms with Crippen LogP contribution in [0.25, 0.3) is 0 Å². The fourth-order valence-electron chi connectivity index (χ4n) is 5.26.